The predicted molar refractivity (Wildman–Crippen MR) is 44.0 cm³/mol. The Kier molecular flexibility index (Phi) is 2.10. The van der Waals surface area contributed by atoms with Crippen LogP contribution in [0.2, 0.25) is 0 Å². The molecule has 0 radical (unpaired) electrons. The molecule has 0 aliphatic rings. The Morgan fingerprint density at radius 1 is 1.17 bits per heavy atom. The zero-order valence-electron chi connectivity index (χ0n) is 6.65. The van der Waals surface area contributed by atoms with Crippen molar-refractivity contribution in [1.29, 1.82) is 0 Å². The second-order valence-corrected chi connectivity index (χ2v) is 2.70. The quantitative estimate of drug-likeness (QED) is 0.469. The summed E-state index contributed by atoms with van der Waals surface area (Å²) in [5, 5.41) is 27.1. The van der Waals surface area contributed by atoms with E-state index in [4.69, 9.17) is 21.1 Å². The van der Waals surface area contributed by atoms with E-state index >= 15 is 0 Å². The van der Waals surface area contributed by atoms with Gasteiger partial charge in [0.15, 0.2) is 17.2 Å². The van der Waals surface area contributed by atoms with E-state index in [-0.39, 0.29) is 17.5 Å². The lowest BCUT2D eigenvalue weighted by molar-refractivity contribution is 0.366. The molecule has 1 aromatic carbocycles. The lowest BCUT2D eigenvalue weighted by atomic mass is 10.1. The summed E-state index contributed by atoms with van der Waals surface area (Å²) in [6.07, 6.45) is 0. The zero-order chi connectivity index (χ0) is 9.30. The van der Waals surface area contributed by atoms with Gasteiger partial charge in [-0.15, -0.1) is 0 Å². The Bertz CT molecular complexity index is 273. The Balaban J connectivity index is 3.21. The summed E-state index contributed by atoms with van der Waals surface area (Å²) < 4.78 is 0. The minimum absolute atomic E-state index is 0.289. The minimum Gasteiger partial charge on any atom is -0.504 e. The highest BCUT2D eigenvalue weighted by Gasteiger charge is 2.09. The third kappa shape index (κ3) is 1.43. The molecule has 1 rings (SSSR count). The van der Waals surface area contributed by atoms with E-state index in [0.29, 0.717) is 5.56 Å². The summed E-state index contributed by atoms with van der Waals surface area (Å²) in [4.78, 5) is 0. The van der Waals surface area contributed by atoms with E-state index in [0.717, 1.165) is 0 Å². The second-order valence-electron chi connectivity index (χ2n) is 2.70. The summed E-state index contributed by atoms with van der Waals surface area (Å²) in [6.45, 7) is 1.71. The fourth-order valence-electron chi connectivity index (χ4n) is 0.888. The molecule has 0 bridgehead atoms. The van der Waals surface area contributed by atoms with Crippen molar-refractivity contribution < 1.29 is 15.3 Å². The number of hydrogen-bond acceptors (Lipinski definition) is 4. The first kappa shape index (κ1) is 8.67. The molecule has 0 fully saturated rings. The summed E-state index contributed by atoms with van der Waals surface area (Å²) in [7, 11) is 0. The standard InChI is InChI=1S/C8H11NO3/c1-4(9)5-2-6(10)8(12)7(11)3-5/h2-4,10-12H,9H2,1H3. The van der Waals surface area contributed by atoms with Crippen molar-refractivity contribution in [2.24, 2.45) is 5.73 Å². The van der Waals surface area contributed by atoms with Crippen LogP contribution in [0.3, 0.4) is 0 Å². The molecule has 1 atom stereocenters. The molecule has 12 heavy (non-hydrogen) atoms. The van der Waals surface area contributed by atoms with Crippen molar-refractivity contribution in [2.45, 2.75) is 13.0 Å². The Hall–Kier alpha value is -1.42. The van der Waals surface area contributed by atoms with Crippen LogP contribution in [0, 0.1) is 0 Å². The smallest absolute Gasteiger partial charge is 0.200 e. The molecule has 1 aromatic rings. The van der Waals surface area contributed by atoms with Crippen molar-refractivity contribution >= 4 is 0 Å². The molecule has 66 valence electrons. The van der Waals surface area contributed by atoms with Crippen LogP contribution in [0.25, 0.3) is 0 Å². The summed E-state index contributed by atoms with van der Waals surface area (Å²) in [6, 6.07) is 2.35. The molecule has 0 aromatic heterocycles. The van der Waals surface area contributed by atoms with Crippen molar-refractivity contribution in [1.82, 2.24) is 0 Å². The molecule has 0 saturated heterocycles. The number of benzene rings is 1. The molecule has 0 spiro atoms. The van der Waals surface area contributed by atoms with E-state index in [2.05, 4.69) is 0 Å². The van der Waals surface area contributed by atoms with E-state index in [1.165, 1.54) is 12.1 Å². The van der Waals surface area contributed by atoms with Crippen LogP contribution in [0.15, 0.2) is 12.1 Å². The van der Waals surface area contributed by atoms with Gasteiger partial charge in [-0.3, -0.25) is 0 Å². The Morgan fingerprint density at radius 2 is 1.58 bits per heavy atom. The molecule has 1 unspecified atom stereocenters. The third-order valence-electron chi connectivity index (χ3n) is 1.62. The molecule has 0 saturated carbocycles. The van der Waals surface area contributed by atoms with Gasteiger partial charge in [-0.05, 0) is 24.6 Å². The van der Waals surface area contributed by atoms with Gasteiger partial charge in [-0.1, -0.05) is 0 Å². The van der Waals surface area contributed by atoms with Gasteiger partial charge < -0.3 is 21.1 Å². The number of aromatic hydroxyl groups is 3. The molecule has 4 nitrogen and oxygen atoms in total. The van der Waals surface area contributed by atoms with E-state index < -0.39 is 5.75 Å². The summed E-state index contributed by atoms with van der Waals surface area (Å²) in [5.41, 5.74) is 6.07. The molecule has 4 heteroatoms. The first-order chi connectivity index (χ1) is 5.52. The Morgan fingerprint density at radius 3 is 1.92 bits per heavy atom. The Labute approximate surface area is 69.9 Å². The number of phenolic OH excluding ortho intramolecular Hbond substituents is 3. The van der Waals surface area contributed by atoms with E-state index in [1.54, 1.807) is 6.92 Å². The topological polar surface area (TPSA) is 86.7 Å². The molecule has 0 aliphatic heterocycles. The zero-order valence-corrected chi connectivity index (χ0v) is 6.65. The maximum absolute atomic E-state index is 9.06. The van der Waals surface area contributed by atoms with Gasteiger partial charge >= 0.3 is 0 Å². The van der Waals surface area contributed by atoms with Crippen molar-refractivity contribution in [3.8, 4) is 17.2 Å². The predicted octanol–water partition coefficient (Wildman–Crippen LogP) is 0.823. The molecule has 0 amide bonds. The fourth-order valence-corrected chi connectivity index (χ4v) is 0.888. The van der Waals surface area contributed by atoms with Gasteiger partial charge in [-0.2, -0.15) is 0 Å². The number of phenols is 3. The van der Waals surface area contributed by atoms with E-state index in [9.17, 15) is 0 Å². The number of rotatable bonds is 1. The van der Waals surface area contributed by atoms with E-state index in [1.807, 2.05) is 0 Å². The SMILES string of the molecule is CC(N)c1cc(O)c(O)c(O)c1. The van der Waals surface area contributed by atoms with Crippen molar-refractivity contribution in [3.05, 3.63) is 17.7 Å². The molecule has 0 heterocycles. The average Bonchev–Trinajstić information content (AvgIpc) is 1.99. The first-order valence-corrected chi connectivity index (χ1v) is 3.52. The van der Waals surface area contributed by atoms with Crippen LogP contribution in [-0.2, 0) is 0 Å². The maximum Gasteiger partial charge on any atom is 0.200 e. The highest BCUT2D eigenvalue weighted by molar-refractivity contribution is 5.51. The van der Waals surface area contributed by atoms with Crippen LogP contribution >= 0.6 is 0 Å². The average molecular weight is 169 g/mol. The molecule has 5 N–H and O–H groups in total. The monoisotopic (exact) mass is 169 g/mol. The van der Waals surface area contributed by atoms with Gasteiger partial charge in [0.05, 0.1) is 0 Å². The van der Waals surface area contributed by atoms with Crippen molar-refractivity contribution in [3.63, 3.8) is 0 Å². The van der Waals surface area contributed by atoms with Gasteiger partial charge in [0, 0.05) is 6.04 Å². The van der Waals surface area contributed by atoms with Crippen LogP contribution < -0.4 is 5.73 Å². The first-order valence-electron chi connectivity index (χ1n) is 3.52. The number of hydrogen-bond donors (Lipinski definition) is 4. The number of nitrogens with two attached hydrogens (primary N) is 1. The lowest BCUT2D eigenvalue weighted by Gasteiger charge is -2.08. The lowest BCUT2D eigenvalue weighted by Crippen LogP contribution is -2.04. The minimum atomic E-state index is -0.514. The highest BCUT2D eigenvalue weighted by Crippen LogP contribution is 2.36. The summed E-state index contributed by atoms with van der Waals surface area (Å²) in [5.74, 6) is -1.23. The van der Waals surface area contributed by atoms with Gasteiger partial charge in [0.2, 0.25) is 0 Å². The van der Waals surface area contributed by atoms with Gasteiger partial charge in [0.1, 0.15) is 0 Å². The normalized spacial score (nSPS) is 12.8. The molecule has 0 aliphatic carbocycles. The van der Waals surface area contributed by atoms with Crippen LogP contribution in [0.1, 0.15) is 18.5 Å². The summed E-state index contributed by atoms with van der Waals surface area (Å²) >= 11 is 0. The fraction of sp³-hybridized carbons (Fsp3) is 0.250. The second kappa shape index (κ2) is 2.91. The van der Waals surface area contributed by atoms with Crippen molar-refractivity contribution in [2.75, 3.05) is 0 Å². The molecular weight excluding hydrogens is 158 g/mol. The van der Waals surface area contributed by atoms with Crippen LogP contribution in [0.4, 0.5) is 0 Å². The van der Waals surface area contributed by atoms with Crippen LogP contribution in [0.5, 0.6) is 17.2 Å². The van der Waals surface area contributed by atoms with Gasteiger partial charge in [-0.25, -0.2) is 0 Å². The largest absolute Gasteiger partial charge is 0.504 e. The van der Waals surface area contributed by atoms with Crippen LogP contribution in [-0.4, -0.2) is 15.3 Å². The third-order valence-corrected chi connectivity index (χ3v) is 1.62. The van der Waals surface area contributed by atoms with Gasteiger partial charge in [0.25, 0.3) is 0 Å². The molecular formula is C8H11NO3. The maximum atomic E-state index is 9.06. The highest BCUT2D eigenvalue weighted by atomic mass is 16.3.